The molecule has 0 aliphatic carbocycles. The molecule has 0 spiro atoms. The fourth-order valence-electron chi connectivity index (χ4n) is 1.78. The third kappa shape index (κ3) is 2.20. The van der Waals surface area contributed by atoms with E-state index in [0.717, 1.165) is 6.42 Å². The zero-order valence-electron chi connectivity index (χ0n) is 11.1. The van der Waals surface area contributed by atoms with Gasteiger partial charge in [-0.1, -0.05) is 20.8 Å². The zero-order valence-corrected chi connectivity index (χ0v) is 11.1. The lowest BCUT2D eigenvalue weighted by molar-refractivity contribution is 0.308. The maximum Gasteiger partial charge on any atom is 0.212 e. The summed E-state index contributed by atoms with van der Waals surface area (Å²) in [7, 11) is 3.30. The topological polar surface area (TPSA) is 43.2 Å². The van der Waals surface area contributed by atoms with E-state index in [1.165, 1.54) is 0 Å². The Morgan fingerprint density at radius 2 is 1.94 bits per heavy atom. The quantitative estimate of drug-likeness (QED) is 0.725. The normalized spacial score (nSPS) is 29.8. The van der Waals surface area contributed by atoms with Crippen LogP contribution in [0.3, 0.4) is 0 Å². The number of nitrogens with zero attached hydrogens (tertiary/aromatic N) is 2. The van der Waals surface area contributed by atoms with E-state index in [0.29, 0.717) is 17.7 Å². The molecule has 0 N–H and O–H groups in total. The van der Waals surface area contributed by atoms with Crippen molar-refractivity contribution in [2.24, 2.45) is 15.9 Å². The van der Waals surface area contributed by atoms with E-state index in [9.17, 15) is 0 Å². The molecule has 1 heterocycles. The fraction of sp³-hybridized carbons (Fsp3) is 0.833. The highest BCUT2D eigenvalue weighted by Crippen LogP contribution is 2.26. The molecule has 0 fully saturated rings. The number of hydrogen-bond donors (Lipinski definition) is 0. The third-order valence-corrected chi connectivity index (χ3v) is 3.05. The number of hydrogen-bond acceptors (Lipinski definition) is 4. The largest absolute Gasteiger partial charge is 0.483 e. The van der Waals surface area contributed by atoms with Crippen molar-refractivity contribution in [1.82, 2.24) is 0 Å². The Kier molecular flexibility index (Phi) is 3.94. The van der Waals surface area contributed by atoms with Gasteiger partial charge in [-0.25, -0.2) is 9.98 Å². The van der Waals surface area contributed by atoms with Crippen LogP contribution in [0.25, 0.3) is 0 Å². The summed E-state index contributed by atoms with van der Waals surface area (Å²) in [6, 6.07) is -0.0282. The Balaban J connectivity index is 3.12. The minimum Gasteiger partial charge on any atom is -0.483 e. The standard InChI is InChI=1S/C12H22N2O2/c1-7-12(4)11(16-6)13-9(8(2)3)10(14-12)15-5/h8-9H,7H2,1-6H3. The molecule has 16 heavy (non-hydrogen) atoms. The molecule has 0 radical (unpaired) electrons. The van der Waals surface area contributed by atoms with Gasteiger partial charge in [0.2, 0.25) is 11.8 Å². The number of methoxy groups -OCH3 is 2. The summed E-state index contributed by atoms with van der Waals surface area (Å²) >= 11 is 0. The second-order valence-corrected chi connectivity index (χ2v) is 4.61. The Labute approximate surface area is 97.8 Å². The molecule has 4 nitrogen and oxygen atoms in total. The molecule has 0 aromatic rings. The smallest absolute Gasteiger partial charge is 0.212 e. The molecule has 0 bridgehead atoms. The summed E-state index contributed by atoms with van der Waals surface area (Å²) < 4.78 is 10.7. The molecule has 0 saturated heterocycles. The first-order valence-electron chi connectivity index (χ1n) is 5.74. The minimum atomic E-state index is -0.383. The van der Waals surface area contributed by atoms with Crippen LogP contribution in [0.2, 0.25) is 0 Å². The highest BCUT2D eigenvalue weighted by atomic mass is 16.5. The lowest BCUT2D eigenvalue weighted by Gasteiger charge is -2.32. The van der Waals surface area contributed by atoms with Gasteiger partial charge in [0.1, 0.15) is 11.6 Å². The van der Waals surface area contributed by atoms with Gasteiger partial charge in [0.05, 0.1) is 14.2 Å². The van der Waals surface area contributed by atoms with Gasteiger partial charge in [-0.05, 0) is 19.3 Å². The third-order valence-electron chi connectivity index (χ3n) is 3.05. The van der Waals surface area contributed by atoms with E-state index in [4.69, 9.17) is 9.47 Å². The summed E-state index contributed by atoms with van der Waals surface area (Å²) in [5.41, 5.74) is -0.383. The van der Waals surface area contributed by atoms with Gasteiger partial charge >= 0.3 is 0 Å². The average molecular weight is 226 g/mol. The fourth-order valence-corrected chi connectivity index (χ4v) is 1.78. The lowest BCUT2D eigenvalue weighted by Crippen LogP contribution is -2.44. The Morgan fingerprint density at radius 1 is 1.31 bits per heavy atom. The molecule has 0 saturated carbocycles. The predicted molar refractivity (Wildman–Crippen MR) is 66.2 cm³/mol. The van der Waals surface area contributed by atoms with E-state index in [1.54, 1.807) is 14.2 Å². The molecule has 0 aromatic carbocycles. The van der Waals surface area contributed by atoms with Gasteiger partial charge in [0.25, 0.3) is 0 Å². The van der Waals surface area contributed by atoms with Crippen LogP contribution in [-0.4, -0.2) is 37.6 Å². The molecule has 0 aromatic heterocycles. The number of ether oxygens (including phenoxy) is 2. The van der Waals surface area contributed by atoms with Crippen molar-refractivity contribution >= 4 is 11.8 Å². The van der Waals surface area contributed by atoms with Crippen LogP contribution in [-0.2, 0) is 9.47 Å². The summed E-state index contributed by atoms with van der Waals surface area (Å²) in [5, 5.41) is 0. The summed E-state index contributed by atoms with van der Waals surface area (Å²) in [6.45, 7) is 8.29. The molecular formula is C12H22N2O2. The summed E-state index contributed by atoms with van der Waals surface area (Å²) in [4.78, 5) is 9.26. The van der Waals surface area contributed by atoms with Crippen LogP contribution >= 0.6 is 0 Å². The van der Waals surface area contributed by atoms with E-state index in [-0.39, 0.29) is 11.6 Å². The first kappa shape index (κ1) is 13.0. The first-order valence-corrected chi connectivity index (χ1v) is 5.74. The Bertz CT molecular complexity index is 310. The van der Waals surface area contributed by atoms with E-state index >= 15 is 0 Å². The van der Waals surface area contributed by atoms with Crippen LogP contribution in [0.5, 0.6) is 0 Å². The first-order chi connectivity index (χ1) is 7.48. The number of aliphatic imine (C=N–C) groups is 2. The van der Waals surface area contributed by atoms with Crippen molar-refractivity contribution in [3.8, 4) is 0 Å². The van der Waals surface area contributed by atoms with Crippen molar-refractivity contribution in [3.05, 3.63) is 0 Å². The van der Waals surface area contributed by atoms with Crippen LogP contribution in [0.1, 0.15) is 34.1 Å². The number of rotatable bonds is 2. The van der Waals surface area contributed by atoms with Gasteiger partial charge in [-0.2, -0.15) is 0 Å². The second kappa shape index (κ2) is 4.85. The Morgan fingerprint density at radius 3 is 2.31 bits per heavy atom. The lowest BCUT2D eigenvalue weighted by atomic mass is 9.95. The van der Waals surface area contributed by atoms with Crippen molar-refractivity contribution < 1.29 is 9.47 Å². The second-order valence-electron chi connectivity index (χ2n) is 4.61. The molecule has 2 unspecified atom stereocenters. The van der Waals surface area contributed by atoms with Gasteiger partial charge in [0.15, 0.2) is 0 Å². The molecule has 2 atom stereocenters. The van der Waals surface area contributed by atoms with E-state index in [1.807, 2.05) is 6.92 Å². The van der Waals surface area contributed by atoms with Crippen LogP contribution in [0.15, 0.2) is 9.98 Å². The predicted octanol–water partition coefficient (Wildman–Crippen LogP) is 2.28. The average Bonchev–Trinajstić information content (AvgIpc) is 2.28. The molecule has 92 valence electrons. The molecule has 0 amide bonds. The van der Waals surface area contributed by atoms with Gasteiger partial charge in [-0.15, -0.1) is 0 Å². The molecule has 1 aliphatic rings. The van der Waals surface area contributed by atoms with Gasteiger partial charge in [0, 0.05) is 0 Å². The van der Waals surface area contributed by atoms with Crippen molar-refractivity contribution in [2.45, 2.75) is 45.7 Å². The van der Waals surface area contributed by atoms with Crippen LogP contribution in [0.4, 0.5) is 0 Å². The highest BCUT2D eigenvalue weighted by molar-refractivity contribution is 5.96. The van der Waals surface area contributed by atoms with Crippen LogP contribution in [0, 0.1) is 5.92 Å². The van der Waals surface area contributed by atoms with Crippen molar-refractivity contribution in [1.29, 1.82) is 0 Å². The maximum absolute atomic E-state index is 5.36. The van der Waals surface area contributed by atoms with E-state index in [2.05, 4.69) is 30.8 Å². The molecular weight excluding hydrogens is 204 g/mol. The molecule has 4 heteroatoms. The van der Waals surface area contributed by atoms with Gasteiger partial charge < -0.3 is 9.47 Å². The SMILES string of the molecule is CCC1(C)N=C(OC)C(C(C)C)N=C1OC. The summed E-state index contributed by atoms with van der Waals surface area (Å²) in [5.74, 6) is 1.76. The van der Waals surface area contributed by atoms with E-state index < -0.39 is 0 Å². The zero-order chi connectivity index (χ0) is 12.3. The summed E-state index contributed by atoms with van der Waals surface area (Å²) in [6.07, 6.45) is 0.845. The highest BCUT2D eigenvalue weighted by Gasteiger charge is 2.38. The van der Waals surface area contributed by atoms with Crippen molar-refractivity contribution in [2.75, 3.05) is 14.2 Å². The van der Waals surface area contributed by atoms with Crippen LogP contribution < -0.4 is 0 Å². The Hall–Kier alpha value is -1.06. The van der Waals surface area contributed by atoms with Crippen molar-refractivity contribution in [3.63, 3.8) is 0 Å². The minimum absolute atomic E-state index is 0.0282. The maximum atomic E-state index is 5.36. The molecule has 1 rings (SSSR count). The van der Waals surface area contributed by atoms with Gasteiger partial charge in [-0.3, -0.25) is 0 Å². The monoisotopic (exact) mass is 226 g/mol. The molecule has 1 aliphatic heterocycles.